The minimum Gasteiger partial charge on any atom is -0.456 e. The van der Waals surface area contributed by atoms with Crippen molar-refractivity contribution in [2.75, 3.05) is 13.6 Å². The lowest BCUT2D eigenvalue weighted by Gasteiger charge is -2.39. The molecule has 4 rings (SSSR count). The maximum absolute atomic E-state index is 15.8. The molecule has 0 bridgehead atoms. The minimum absolute atomic E-state index is 0.0124. The van der Waals surface area contributed by atoms with Gasteiger partial charge in [-0.1, -0.05) is 0 Å². The molecule has 1 aromatic heterocycles. The minimum atomic E-state index is -4.21. The van der Waals surface area contributed by atoms with E-state index in [-0.39, 0.29) is 17.1 Å². The monoisotopic (exact) mass is 504 g/mol. The number of hydrogen-bond donors (Lipinski definition) is 2. The van der Waals surface area contributed by atoms with Crippen LogP contribution in [0.1, 0.15) is 16.8 Å². The highest BCUT2D eigenvalue weighted by atomic mass is 19.3. The Hall–Kier alpha value is -4.28. The summed E-state index contributed by atoms with van der Waals surface area (Å²) in [6, 6.07) is 8.91. The first-order valence-corrected chi connectivity index (χ1v) is 10.2. The van der Waals surface area contributed by atoms with Crippen LogP contribution in [0.4, 0.5) is 22.0 Å². The molecule has 0 spiro atoms. The van der Waals surface area contributed by atoms with Crippen molar-refractivity contribution in [2.45, 2.75) is 11.5 Å². The summed E-state index contributed by atoms with van der Waals surface area (Å²) >= 11 is 0. The van der Waals surface area contributed by atoms with E-state index in [1.165, 1.54) is 24.3 Å². The van der Waals surface area contributed by atoms with Crippen molar-refractivity contribution in [3.63, 3.8) is 0 Å². The number of benzene rings is 2. The van der Waals surface area contributed by atoms with Crippen molar-refractivity contribution in [3.05, 3.63) is 89.0 Å². The number of alkyl halides is 2. The Balaban J connectivity index is 1.68. The predicted molar refractivity (Wildman–Crippen MR) is 116 cm³/mol. The fourth-order valence-electron chi connectivity index (χ4n) is 3.50. The Morgan fingerprint density at radius 3 is 2.39 bits per heavy atom. The molecule has 0 saturated carbocycles. The molecule has 0 radical (unpaired) electrons. The molecule has 0 fully saturated rings. The van der Waals surface area contributed by atoms with Crippen LogP contribution >= 0.6 is 0 Å². The van der Waals surface area contributed by atoms with Crippen LogP contribution in [-0.4, -0.2) is 40.1 Å². The fraction of sp³-hybridized carbons (Fsp3) is 0.174. The van der Waals surface area contributed by atoms with Gasteiger partial charge >= 0.3 is 5.92 Å². The Morgan fingerprint density at radius 1 is 1.06 bits per heavy atom. The number of β-amino-alcohol motifs (C(OH)–C–C–N with tert-alkyl or cyclic N) is 1. The van der Waals surface area contributed by atoms with Crippen LogP contribution in [0.3, 0.4) is 0 Å². The lowest BCUT2D eigenvalue weighted by molar-refractivity contribution is -0.214. The summed E-state index contributed by atoms with van der Waals surface area (Å²) in [5.74, 6) is -7.49. The molecule has 36 heavy (non-hydrogen) atoms. The quantitative estimate of drug-likeness (QED) is 0.473. The van der Waals surface area contributed by atoms with E-state index in [1.807, 2.05) is 0 Å². The standard InChI is InChI=1S/C23H17F5N6O2/c1-33-32-31-13-34(33)12-22(35,18-6-3-15(24)8-20(18)26)23(27,28)21-7-5-17(11-30-21)36-16-4-2-14(10-29)19(25)9-16/h2-9,11,13,32,35H,12H2,1H3. The van der Waals surface area contributed by atoms with Crippen molar-refractivity contribution in [2.24, 2.45) is 5.10 Å². The van der Waals surface area contributed by atoms with Crippen molar-refractivity contribution in [1.29, 1.82) is 5.26 Å². The summed E-state index contributed by atoms with van der Waals surface area (Å²) in [5.41, 5.74) is -2.80. The molecule has 2 aromatic carbocycles. The van der Waals surface area contributed by atoms with Gasteiger partial charge < -0.3 is 9.84 Å². The highest BCUT2D eigenvalue weighted by Crippen LogP contribution is 2.46. The largest absolute Gasteiger partial charge is 0.456 e. The zero-order valence-corrected chi connectivity index (χ0v) is 18.5. The number of nitrogens with zero attached hydrogens (tertiary/aromatic N) is 5. The second-order valence-corrected chi connectivity index (χ2v) is 7.76. The van der Waals surface area contributed by atoms with Crippen LogP contribution in [0, 0.1) is 28.8 Å². The molecule has 1 aliphatic rings. The third kappa shape index (κ3) is 4.51. The molecule has 1 aliphatic heterocycles. The third-order valence-electron chi connectivity index (χ3n) is 5.42. The molecule has 2 N–H and O–H groups in total. The number of hydrogen-bond acceptors (Lipinski definition) is 8. The van der Waals surface area contributed by atoms with E-state index in [0.29, 0.717) is 6.07 Å². The van der Waals surface area contributed by atoms with Crippen LogP contribution in [0.5, 0.6) is 11.5 Å². The normalized spacial score (nSPS) is 15.3. The van der Waals surface area contributed by atoms with Crippen molar-refractivity contribution >= 4 is 6.34 Å². The summed E-state index contributed by atoms with van der Waals surface area (Å²) in [6.45, 7) is -0.889. The first-order valence-electron chi connectivity index (χ1n) is 10.2. The fourth-order valence-corrected chi connectivity index (χ4v) is 3.50. The number of pyridine rings is 1. The highest BCUT2D eigenvalue weighted by Gasteiger charge is 2.58. The number of rotatable bonds is 7. The van der Waals surface area contributed by atoms with E-state index in [0.717, 1.165) is 47.9 Å². The van der Waals surface area contributed by atoms with Gasteiger partial charge in [-0.15, -0.1) is 5.12 Å². The molecule has 1 atom stereocenters. The molecule has 2 heterocycles. The van der Waals surface area contributed by atoms with E-state index in [9.17, 15) is 18.3 Å². The van der Waals surface area contributed by atoms with Gasteiger partial charge in [-0.2, -0.15) is 19.1 Å². The summed E-state index contributed by atoms with van der Waals surface area (Å²) < 4.78 is 79.0. The maximum atomic E-state index is 15.8. The van der Waals surface area contributed by atoms with Gasteiger partial charge in [0.05, 0.1) is 18.3 Å². The highest BCUT2D eigenvalue weighted by molar-refractivity contribution is 5.55. The maximum Gasteiger partial charge on any atom is 0.323 e. The summed E-state index contributed by atoms with van der Waals surface area (Å²) in [5, 5.41) is 26.0. The van der Waals surface area contributed by atoms with Gasteiger partial charge in [0.1, 0.15) is 47.1 Å². The summed E-state index contributed by atoms with van der Waals surface area (Å²) in [7, 11) is 1.42. The van der Waals surface area contributed by atoms with Gasteiger partial charge in [0.15, 0.2) is 5.60 Å². The van der Waals surface area contributed by atoms with Gasteiger partial charge in [0.2, 0.25) is 0 Å². The third-order valence-corrected chi connectivity index (χ3v) is 5.42. The molecule has 0 amide bonds. The molecule has 186 valence electrons. The van der Waals surface area contributed by atoms with Gasteiger partial charge in [-0.05, 0) is 36.4 Å². The number of hydrazine groups is 2. The number of aliphatic hydroxyl groups is 1. The Morgan fingerprint density at radius 2 is 1.81 bits per heavy atom. The van der Waals surface area contributed by atoms with E-state index in [4.69, 9.17) is 10.00 Å². The van der Waals surface area contributed by atoms with E-state index in [2.05, 4.69) is 15.6 Å². The summed E-state index contributed by atoms with van der Waals surface area (Å²) in [4.78, 5) is 3.68. The zero-order chi connectivity index (χ0) is 26.1. The van der Waals surface area contributed by atoms with Gasteiger partial charge in [-0.25, -0.2) is 18.7 Å². The Kier molecular flexibility index (Phi) is 6.49. The topological polar surface area (TPSA) is 97.0 Å². The van der Waals surface area contributed by atoms with Crippen LogP contribution in [-0.2, 0) is 11.5 Å². The summed E-state index contributed by atoms with van der Waals surface area (Å²) in [6.07, 6.45) is 2.01. The lowest BCUT2D eigenvalue weighted by Crippen LogP contribution is -2.55. The molecule has 8 nitrogen and oxygen atoms in total. The number of nitriles is 1. The molecule has 0 aliphatic carbocycles. The SMILES string of the molecule is CN1NN=CN1CC(O)(c1ccc(F)cc1F)C(F)(F)c1ccc(Oc2ccc(C#N)c(F)c2)cn1. The number of ether oxygens (including phenoxy) is 1. The van der Waals surface area contributed by atoms with Crippen LogP contribution in [0.25, 0.3) is 0 Å². The lowest BCUT2D eigenvalue weighted by atomic mass is 9.84. The number of hydrazone groups is 1. The van der Waals surface area contributed by atoms with Gasteiger partial charge in [-0.3, -0.25) is 9.99 Å². The van der Waals surface area contributed by atoms with Crippen molar-refractivity contribution < 1.29 is 31.8 Å². The number of nitrogens with one attached hydrogen (secondary N) is 1. The predicted octanol–water partition coefficient (Wildman–Crippen LogP) is 3.75. The molecule has 1 unspecified atom stereocenters. The Bertz CT molecular complexity index is 1350. The van der Waals surface area contributed by atoms with Crippen LogP contribution in [0.15, 0.2) is 59.8 Å². The van der Waals surface area contributed by atoms with Crippen LogP contribution in [0.2, 0.25) is 0 Å². The number of aromatic nitrogens is 1. The molecule has 0 saturated heterocycles. The van der Waals surface area contributed by atoms with Crippen molar-refractivity contribution in [3.8, 4) is 17.6 Å². The second kappa shape index (κ2) is 9.40. The second-order valence-electron chi connectivity index (χ2n) is 7.76. The average Bonchev–Trinajstić information content (AvgIpc) is 3.23. The smallest absolute Gasteiger partial charge is 0.323 e. The van der Waals surface area contributed by atoms with Crippen molar-refractivity contribution in [1.82, 2.24) is 20.6 Å². The first kappa shape index (κ1) is 24.8. The molecular weight excluding hydrogens is 487 g/mol. The average molecular weight is 504 g/mol. The van der Waals surface area contributed by atoms with E-state index < -0.39 is 46.8 Å². The van der Waals surface area contributed by atoms with Crippen LogP contribution < -0.4 is 10.3 Å². The van der Waals surface area contributed by atoms with Gasteiger partial charge in [0, 0.05) is 24.7 Å². The molecular formula is C23H17F5N6O2. The Labute approximate surface area is 201 Å². The molecule has 3 aromatic rings. The molecule has 13 heteroatoms. The van der Waals surface area contributed by atoms with Gasteiger partial charge in [0.25, 0.3) is 0 Å². The van der Waals surface area contributed by atoms with E-state index >= 15 is 8.78 Å². The first-order chi connectivity index (χ1) is 17.0. The number of halogens is 5. The zero-order valence-electron chi connectivity index (χ0n) is 18.5. The van der Waals surface area contributed by atoms with E-state index in [1.54, 1.807) is 6.07 Å².